The number of rotatable bonds is 2. The normalized spacial score (nSPS) is 13.4. The molecular formula is C33H34O. The molecule has 0 saturated carbocycles. The molecule has 2 aliphatic carbocycles. The van der Waals surface area contributed by atoms with E-state index < -0.39 is 5.41 Å². The van der Waals surface area contributed by atoms with Crippen molar-refractivity contribution in [3.63, 3.8) is 0 Å². The average molecular weight is 447 g/mol. The van der Waals surface area contributed by atoms with Gasteiger partial charge in [-0.1, -0.05) is 144 Å². The van der Waals surface area contributed by atoms with Crippen molar-refractivity contribution in [2.45, 2.75) is 52.4 Å². The third-order valence-corrected chi connectivity index (χ3v) is 6.81. The Balaban J connectivity index is 0.000000351. The fourth-order valence-corrected chi connectivity index (χ4v) is 5.48. The Morgan fingerprint density at radius 3 is 1.12 bits per heavy atom. The van der Waals surface area contributed by atoms with Crippen LogP contribution in [0.25, 0.3) is 11.1 Å². The molecule has 4 aromatic carbocycles. The highest BCUT2D eigenvalue weighted by molar-refractivity contribution is 6.14. The molecule has 172 valence electrons. The highest BCUT2D eigenvalue weighted by Gasteiger charge is 2.51. The van der Waals surface area contributed by atoms with Crippen LogP contribution in [-0.4, -0.2) is 5.78 Å². The maximum Gasteiger partial charge on any atom is 0.193 e. The predicted octanol–water partition coefficient (Wildman–Crippen LogP) is 8.82. The Bertz CT molecular complexity index is 1200. The number of unbranched alkanes of at least 4 members (excludes halogenated alkanes) is 2. The van der Waals surface area contributed by atoms with Crippen molar-refractivity contribution in [3.05, 3.63) is 130 Å². The van der Waals surface area contributed by atoms with Crippen LogP contribution in [0.2, 0.25) is 0 Å². The number of fused-ring (bicyclic) bond motifs is 9. The maximum atomic E-state index is 13.3. The highest BCUT2D eigenvalue weighted by Crippen LogP contribution is 2.58. The van der Waals surface area contributed by atoms with Gasteiger partial charge in [-0.15, -0.1) is 0 Å². The molecule has 1 heteroatoms. The smallest absolute Gasteiger partial charge is 0.193 e. The van der Waals surface area contributed by atoms with Crippen molar-refractivity contribution >= 4 is 5.78 Å². The zero-order chi connectivity index (χ0) is 24.1. The summed E-state index contributed by atoms with van der Waals surface area (Å²) in [5.41, 5.74) is 8.40. The van der Waals surface area contributed by atoms with Gasteiger partial charge < -0.3 is 0 Å². The van der Waals surface area contributed by atoms with Gasteiger partial charge in [0.25, 0.3) is 0 Å². The van der Waals surface area contributed by atoms with Gasteiger partial charge in [-0.05, 0) is 33.4 Å². The molecule has 2 aliphatic rings. The van der Waals surface area contributed by atoms with Crippen LogP contribution in [0, 0.1) is 0 Å². The van der Waals surface area contributed by atoms with Crippen molar-refractivity contribution in [2.24, 2.45) is 0 Å². The fraction of sp³-hybridized carbons (Fsp3) is 0.242. The second kappa shape index (κ2) is 10.2. The molecule has 0 bridgehead atoms. The number of hydrogen-bond acceptors (Lipinski definition) is 1. The number of carbonyl (C=O) groups is 1. The largest absolute Gasteiger partial charge is 0.289 e. The van der Waals surface area contributed by atoms with Crippen LogP contribution < -0.4 is 0 Å². The molecule has 0 fully saturated rings. The molecule has 0 saturated heterocycles. The summed E-state index contributed by atoms with van der Waals surface area (Å²) < 4.78 is 0. The minimum Gasteiger partial charge on any atom is -0.289 e. The first kappa shape index (κ1) is 23.7. The van der Waals surface area contributed by atoms with E-state index in [0.717, 1.165) is 22.3 Å². The van der Waals surface area contributed by atoms with Crippen molar-refractivity contribution < 1.29 is 4.79 Å². The molecule has 4 aromatic rings. The van der Waals surface area contributed by atoms with E-state index in [4.69, 9.17) is 0 Å². The third kappa shape index (κ3) is 3.51. The molecule has 0 amide bonds. The van der Waals surface area contributed by atoms with Crippen molar-refractivity contribution in [1.82, 2.24) is 0 Å². The van der Waals surface area contributed by atoms with Gasteiger partial charge in [0.15, 0.2) is 5.78 Å². The summed E-state index contributed by atoms with van der Waals surface area (Å²) >= 11 is 0. The van der Waals surface area contributed by atoms with Crippen LogP contribution in [0.15, 0.2) is 97.1 Å². The molecule has 0 unspecified atom stereocenters. The van der Waals surface area contributed by atoms with Gasteiger partial charge in [-0.25, -0.2) is 0 Å². The summed E-state index contributed by atoms with van der Waals surface area (Å²) in [6.45, 7) is 8.42. The summed E-state index contributed by atoms with van der Waals surface area (Å²) in [5, 5.41) is 0. The van der Waals surface area contributed by atoms with E-state index in [0.29, 0.717) is 0 Å². The summed E-state index contributed by atoms with van der Waals surface area (Å²) in [4.78, 5) is 13.3. The monoisotopic (exact) mass is 446 g/mol. The first-order valence-electron chi connectivity index (χ1n) is 12.7. The SMILES string of the molecule is CC.CCCCC.O=C1c2ccccc2C2(c3ccccc31)c1ccccc1-c1ccccc12. The maximum absolute atomic E-state index is 13.3. The number of benzene rings is 4. The lowest BCUT2D eigenvalue weighted by Gasteiger charge is -2.39. The first-order valence-corrected chi connectivity index (χ1v) is 12.7. The number of carbonyl (C=O) groups excluding carboxylic acids is 1. The van der Waals surface area contributed by atoms with E-state index in [-0.39, 0.29) is 5.78 Å². The van der Waals surface area contributed by atoms with E-state index >= 15 is 0 Å². The van der Waals surface area contributed by atoms with Gasteiger partial charge in [-0.3, -0.25) is 4.79 Å². The lowest BCUT2D eigenvalue weighted by Crippen LogP contribution is -2.36. The van der Waals surface area contributed by atoms with E-state index in [9.17, 15) is 4.79 Å². The van der Waals surface area contributed by atoms with E-state index in [2.05, 4.69) is 74.5 Å². The number of ketones is 1. The molecular weight excluding hydrogens is 412 g/mol. The van der Waals surface area contributed by atoms with Gasteiger partial charge in [0.05, 0.1) is 5.41 Å². The molecule has 6 rings (SSSR count). The van der Waals surface area contributed by atoms with Gasteiger partial charge in [0.2, 0.25) is 0 Å². The van der Waals surface area contributed by atoms with E-state index in [1.165, 1.54) is 41.5 Å². The van der Waals surface area contributed by atoms with Gasteiger partial charge in [0.1, 0.15) is 0 Å². The van der Waals surface area contributed by atoms with E-state index in [1.54, 1.807) is 0 Å². The molecule has 34 heavy (non-hydrogen) atoms. The van der Waals surface area contributed by atoms with Crippen molar-refractivity contribution in [2.75, 3.05) is 0 Å². The minimum atomic E-state index is -0.436. The van der Waals surface area contributed by atoms with Crippen LogP contribution in [0.5, 0.6) is 0 Å². The highest BCUT2D eigenvalue weighted by atomic mass is 16.1. The summed E-state index contributed by atoms with van der Waals surface area (Å²) in [5.74, 6) is 0.119. The molecule has 0 radical (unpaired) electrons. The quantitative estimate of drug-likeness (QED) is 0.260. The fourth-order valence-electron chi connectivity index (χ4n) is 5.48. The van der Waals surface area contributed by atoms with Crippen LogP contribution in [0.4, 0.5) is 0 Å². The summed E-state index contributed by atoms with van der Waals surface area (Å²) in [6, 6.07) is 33.5. The van der Waals surface area contributed by atoms with E-state index in [1.807, 2.05) is 50.2 Å². The predicted molar refractivity (Wildman–Crippen MR) is 144 cm³/mol. The first-order chi connectivity index (χ1) is 16.7. The zero-order valence-corrected chi connectivity index (χ0v) is 20.8. The van der Waals surface area contributed by atoms with Crippen LogP contribution >= 0.6 is 0 Å². The second-order valence-electron chi connectivity index (χ2n) is 8.62. The number of hydrogen-bond donors (Lipinski definition) is 0. The molecule has 0 atom stereocenters. The van der Waals surface area contributed by atoms with Crippen LogP contribution in [-0.2, 0) is 5.41 Å². The Hall–Kier alpha value is -3.45. The Morgan fingerprint density at radius 1 is 0.500 bits per heavy atom. The Morgan fingerprint density at radius 2 is 0.794 bits per heavy atom. The molecule has 1 nitrogen and oxygen atoms in total. The summed E-state index contributed by atoms with van der Waals surface area (Å²) in [6.07, 6.45) is 4.08. The van der Waals surface area contributed by atoms with Crippen LogP contribution in [0.1, 0.15) is 85.1 Å². The molecule has 0 N–H and O–H groups in total. The van der Waals surface area contributed by atoms with Gasteiger partial charge in [0, 0.05) is 11.1 Å². The minimum absolute atomic E-state index is 0.119. The molecule has 0 aliphatic heterocycles. The van der Waals surface area contributed by atoms with Crippen molar-refractivity contribution in [1.29, 1.82) is 0 Å². The second-order valence-corrected chi connectivity index (χ2v) is 8.62. The Labute approximate surface area is 204 Å². The molecule has 0 heterocycles. The molecule has 0 aromatic heterocycles. The standard InChI is InChI=1S/C26H16O.C5H12.C2H6/c27-25-19-11-3-7-15-23(19)26(24-16-8-4-12-20(24)25)21-13-5-1-9-17(21)18-10-2-6-14-22(18)26;1-3-5-4-2;1-2/h1-16H;3-5H2,1-2H3;1-2H3. The third-order valence-electron chi connectivity index (χ3n) is 6.81. The lowest BCUT2D eigenvalue weighted by molar-refractivity contribution is 0.103. The van der Waals surface area contributed by atoms with Crippen LogP contribution in [0.3, 0.4) is 0 Å². The van der Waals surface area contributed by atoms with Gasteiger partial charge >= 0.3 is 0 Å². The lowest BCUT2D eigenvalue weighted by atomic mass is 9.61. The van der Waals surface area contributed by atoms with Crippen molar-refractivity contribution in [3.8, 4) is 11.1 Å². The Kier molecular flexibility index (Phi) is 7.12. The topological polar surface area (TPSA) is 17.1 Å². The average Bonchev–Trinajstić information content (AvgIpc) is 3.21. The van der Waals surface area contributed by atoms with Gasteiger partial charge in [-0.2, -0.15) is 0 Å². The zero-order valence-electron chi connectivity index (χ0n) is 20.8. The summed E-state index contributed by atoms with van der Waals surface area (Å²) in [7, 11) is 0. The molecule has 1 spiro atoms.